The molecule has 0 bridgehead atoms. The summed E-state index contributed by atoms with van der Waals surface area (Å²) >= 11 is 0. The van der Waals surface area contributed by atoms with E-state index in [9.17, 15) is 14.4 Å². The van der Waals surface area contributed by atoms with Gasteiger partial charge < -0.3 is 20.1 Å². The number of hydrogen-bond donors (Lipinski definition) is 3. The van der Waals surface area contributed by atoms with Crippen LogP contribution in [0.5, 0.6) is 0 Å². The fraction of sp³-hybridized carbons (Fsp3) is 0.700. The molecule has 2 rings (SSSR count). The number of nitrogens with zero attached hydrogens (tertiary/aromatic N) is 1. The Labute approximate surface area is 102 Å². The van der Waals surface area contributed by atoms with Crippen molar-refractivity contribution in [3.8, 4) is 0 Å². The largest absolute Gasteiger partial charge is 0.481 e. The molecule has 0 unspecified atom stereocenters. The number of carboxylic acid groups (broad SMARTS) is 3. The molecule has 0 radical (unpaired) electrons. The van der Waals surface area contributed by atoms with Crippen molar-refractivity contribution >= 4 is 18.0 Å². The van der Waals surface area contributed by atoms with E-state index in [1.165, 1.54) is 13.8 Å². The van der Waals surface area contributed by atoms with Crippen molar-refractivity contribution in [3.05, 3.63) is 0 Å². The maximum Gasteiger partial charge on any atom is 0.408 e. The van der Waals surface area contributed by atoms with Gasteiger partial charge in [0.2, 0.25) is 0 Å². The predicted molar refractivity (Wildman–Crippen MR) is 55.2 cm³/mol. The molecule has 0 aromatic heterocycles. The van der Waals surface area contributed by atoms with E-state index in [0.29, 0.717) is 4.90 Å². The predicted octanol–water partition coefficient (Wildman–Crippen LogP) is -0.320. The highest BCUT2D eigenvalue weighted by Crippen LogP contribution is 2.48. The molecule has 3 N–H and O–H groups in total. The molecule has 100 valence electrons. The van der Waals surface area contributed by atoms with Crippen molar-refractivity contribution in [2.75, 3.05) is 0 Å². The minimum atomic E-state index is -1.45. The minimum absolute atomic E-state index is 0.690. The molecule has 1 saturated carbocycles. The van der Waals surface area contributed by atoms with Gasteiger partial charge >= 0.3 is 18.0 Å². The van der Waals surface area contributed by atoms with E-state index < -0.39 is 47.7 Å². The molecule has 4 atom stereocenters. The van der Waals surface area contributed by atoms with Gasteiger partial charge in [0.1, 0.15) is 5.92 Å². The van der Waals surface area contributed by atoms with Crippen LogP contribution in [0.4, 0.5) is 4.79 Å². The Bertz CT molecular complexity index is 432. The van der Waals surface area contributed by atoms with Gasteiger partial charge in [0.05, 0.1) is 17.7 Å². The van der Waals surface area contributed by atoms with Crippen LogP contribution in [-0.4, -0.2) is 62.0 Å². The molecule has 0 aromatic rings. The lowest BCUT2D eigenvalue weighted by Gasteiger charge is -2.41. The third kappa shape index (κ3) is 1.60. The van der Waals surface area contributed by atoms with Crippen LogP contribution in [0.2, 0.25) is 0 Å². The molecule has 2 fully saturated rings. The smallest absolute Gasteiger partial charge is 0.408 e. The van der Waals surface area contributed by atoms with Gasteiger partial charge in [-0.2, -0.15) is 0 Å². The molecular formula is C10H13NO7. The lowest BCUT2D eigenvalue weighted by Crippen LogP contribution is -2.62. The molecule has 18 heavy (non-hydrogen) atoms. The topological polar surface area (TPSA) is 124 Å². The van der Waals surface area contributed by atoms with Gasteiger partial charge in [-0.05, 0) is 13.8 Å². The van der Waals surface area contributed by atoms with Crippen LogP contribution in [-0.2, 0) is 14.3 Å². The van der Waals surface area contributed by atoms with Gasteiger partial charge in [0.25, 0.3) is 0 Å². The van der Waals surface area contributed by atoms with Crippen molar-refractivity contribution in [1.29, 1.82) is 0 Å². The molecule has 1 heterocycles. The highest BCUT2D eigenvalue weighted by molar-refractivity contribution is 5.84. The first kappa shape index (κ1) is 12.6. The van der Waals surface area contributed by atoms with Crippen LogP contribution in [0, 0.1) is 5.92 Å². The maximum atomic E-state index is 11.2. The van der Waals surface area contributed by atoms with E-state index in [0.717, 1.165) is 0 Å². The van der Waals surface area contributed by atoms with E-state index in [-0.39, 0.29) is 0 Å². The number of fused-ring (bicyclic) bond motifs is 1. The Morgan fingerprint density at radius 3 is 2.06 bits per heavy atom. The second-order valence-electron chi connectivity index (χ2n) is 4.97. The Morgan fingerprint density at radius 2 is 1.67 bits per heavy atom. The third-order valence-electron chi connectivity index (χ3n) is 3.36. The molecule has 8 heteroatoms. The molecule has 0 aromatic carbocycles. The number of aliphatic carboxylic acids is 2. The van der Waals surface area contributed by atoms with Crippen LogP contribution in [0.25, 0.3) is 0 Å². The highest BCUT2D eigenvalue weighted by atomic mass is 16.5. The van der Waals surface area contributed by atoms with Crippen LogP contribution >= 0.6 is 0 Å². The lowest BCUT2D eigenvalue weighted by molar-refractivity contribution is -0.168. The zero-order chi connectivity index (χ0) is 13.8. The van der Waals surface area contributed by atoms with Gasteiger partial charge in [-0.25, -0.2) is 9.59 Å². The Hall–Kier alpha value is -1.83. The quantitative estimate of drug-likeness (QED) is 0.620. The van der Waals surface area contributed by atoms with Crippen LogP contribution in [0.1, 0.15) is 13.8 Å². The second-order valence-corrected chi connectivity index (χ2v) is 4.97. The van der Waals surface area contributed by atoms with Gasteiger partial charge in [0.15, 0.2) is 6.04 Å². The molecular weight excluding hydrogens is 246 g/mol. The van der Waals surface area contributed by atoms with E-state index in [1.807, 2.05) is 0 Å². The van der Waals surface area contributed by atoms with Crippen molar-refractivity contribution in [3.63, 3.8) is 0 Å². The minimum Gasteiger partial charge on any atom is -0.481 e. The van der Waals surface area contributed by atoms with E-state index in [2.05, 4.69) is 0 Å². The third-order valence-corrected chi connectivity index (χ3v) is 3.36. The van der Waals surface area contributed by atoms with Gasteiger partial charge in [0, 0.05) is 0 Å². The summed E-state index contributed by atoms with van der Waals surface area (Å²) in [6.07, 6.45) is -2.22. The average molecular weight is 259 g/mol. The second kappa shape index (κ2) is 3.58. The highest BCUT2D eigenvalue weighted by Gasteiger charge is 2.69. The SMILES string of the molecule is CC1(C)O[C@@H]2[C@@H](C(=O)O)[C@@H]2N(C(=O)O)[C@@H]1C(=O)O. The maximum absolute atomic E-state index is 11.2. The first-order valence-corrected chi connectivity index (χ1v) is 5.33. The first-order chi connectivity index (χ1) is 8.18. The van der Waals surface area contributed by atoms with Crippen molar-refractivity contribution < 1.29 is 34.4 Å². The molecule has 2 aliphatic rings. The van der Waals surface area contributed by atoms with Crippen LogP contribution in [0.3, 0.4) is 0 Å². The van der Waals surface area contributed by atoms with Crippen LogP contribution in [0.15, 0.2) is 0 Å². The number of morpholine rings is 1. The summed E-state index contributed by atoms with van der Waals surface area (Å²) in [4.78, 5) is 34.0. The summed E-state index contributed by atoms with van der Waals surface area (Å²) in [5, 5.41) is 27.2. The Kier molecular flexibility index (Phi) is 2.51. The molecule has 0 spiro atoms. The summed E-state index contributed by atoms with van der Waals surface area (Å²) in [6, 6.07) is -2.34. The summed E-state index contributed by atoms with van der Waals surface area (Å²) < 4.78 is 5.41. The van der Waals surface area contributed by atoms with Crippen molar-refractivity contribution in [2.45, 2.75) is 37.6 Å². The van der Waals surface area contributed by atoms with E-state index in [1.54, 1.807) is 0 Å². The number of carbonyl (C=O) groups is 3. The standard InChI is InChI=1S/C10H13NO7/c1-10(2)6(8(14)15)11(9(16)17)4-3(7(12)13)5(4)18-10/h3-6H,1-2H3,(H,12,13)(H,14,15)(H,16,17)/t3-,4-,5+,6+/m0/s1. The molecule has 1 amide bonds. The van der Waals surface area contributed by atoms with Gasteiger partial charge in [-0.1, -0.05) is 0 Å². The average Bonchev–Trinajstić information content (AvgIpc) is 2.85. The Balaban J connectivity index is 2.39. The fourth-order valence-electron chi connectivity index (χ4n) is 2.61. The monoisotopic (exact) mass is 259 g/mol. The lowest BCUT2D eigenvalue weighted by atomic mass is 9.95. The molecule has 8 nitrogen and oxygen atoms in total. The number of ether oxygens (including phenoxy) is 1. The zero-order valence-corrected chi connectivity index (χ0v) is 9.73. The number of amides is 1. The Morgan fingerprint density at radius 1 is 1.11 bits per heavy atom. The molecule has 1 aliphatic heterocycles. The van der Waals surface area contributed by atoms with Crippen molar-refractivity contribution in [1.82, 2.24) is 4.90 Å². The van der Waals surface area contributed by atoms with Crippen molar-refractivity contribution in [2.24, 2.45) is 5.92 Å². The van der Waals surface area contributed by atoms with E-state index in [4.69, 9.17) is 20.1 Å². The normalized spacial score (nSPS) is 36.7. The first-order valence-electron chi connectivity index (χ1n) is 5.33. The number of rotatable bonds is 2. The van der Waals surface area contributed by atoms with E-state index >= 15 is 0 Å². The molecule has 1 saturated heterocycles. The zero-order valence-electron chi connectivity index (χ0n) is 9.73. The number of hydrogen-bond acceptors (Lipinski definition) is 4. The summed E-state index contributed by atoms with van der Waals surface area (Å²) in [7, 11) is 0. The summed E-state index contributed by atoms with van der Waals surface area (Å²) in [6.45, 7) is 2.88. The molecule has 1 aliphatic carbocycles. The summed E-state index contributed by atoms with van der Waals surface area (Å²) in [5.41, 5.74) is -1.27. The summed E-state index contributed by atoms with van der Waals surface area (Å²) in [5.74, 6) is -3.53. The fourth-order valence-corrected chi connectivity index (χ4v) is 2.61. The number of carboxylic acids is 2. The van der Waals surface area contributed by atoms with Gasteiger partial charge in [-0.3, -0.25) is 9.69 Å². The van der Waals surface area contributed by atoms with Gasteiger partial charge in [-0.15, -0.1) is 0 Å². The van der Waals surface area contributed by atoms with Crippen LogP contribution < -0.4 is 0 Å².